The summed E-state index contributed by atoms with van der Waals surface area (Å²) in [5.41, 5.74) is 8.45. The Hall–Kier alpha value is -2.23. The number of nitrogens with zero attached hydrogens (tertiary/aromatic N) is 2. The predicted molar refractivity (Wildman–Crippen MR) is 80.5 cm³/mol. The van der Waals surface area contributed by atoms with Crippen LogP contribution in [-0.4, -0.2) is 12.3 Å². The highest BCUT2D eigenvalue weighted by Gasteiger charge is 2.12. The molecule has 1 aromatic rings. The van der Waals surface area contributed by atoms with E-state index in [1.54, 1.807) is 6.08 Å². The molecule has 19 heavy (non-hydrogen) atoms. The van der Waals surface area contributed by atoms with E-state index < -0.39 is 0 Å². The molecule has 0 aromatic heterocycles. The molecule has 2 rings (SSSR count). The van der Waals surface area contributed by atoms with Crippen molar-refractivity contribution >= 4 is 17.1 Å². The smallest absolute Gasteiger partial charge is 0.147 e. The van der Waals surface area contributed by atoms with Crippen molar-refractivity contribution in [2.24, 2.45) is 5.10 Å². The van der Waals surface area contributed by atoms with E-state index in [0.29, 0.717) is 18.0 Å². The van der Waals surface area contributed by atoms with Gasteiger partial charge in [-0.2, -0.15) is 5.10 Å². The maximum atomic E-state index is 5.81. The summed E-state index contributed by atoms with van der Waals surface area (Å²) in [6.45, 7) is 6.13. The molecular formula is C15H19N3O. The summed E-state index contributed by atoms with van der Waals surface area (Å²) in [4.78, 5) is 0. The van der Waals surface area contributed by atoms with Crippen LogP contribution in [0.3, 0.4) is 0 Å². The molecule has 0 amide bonds. The number of nitrogens with two attached hydrogens (primary N) is 1. The molecule has 0 fully saturated rings. The Kier molecular flexibility index (Phi) is 4.23. The Balaban J connectivity index is 2.36. The zero-order valence-corrected chi connectivity index (χ0v) is 11.2. The van der Waals surface area contributed by atoms with Crippen molar-refractivity contribution in [3.05, 3.63) is 43.1 Å². The third-order valence-corrected chi connectivity index (χ3v) is 2.79. The standard InChI is InChI=1S/C15H19N3O/c1-3-10-19-15-11-13(16)7-8-14(15)18-9-5-4-6-12(2)17-18/h3,5,7-9,11H,1,4,6,10,16H2,2H3. The molecule has 0 saturated carbocycles. The maximum absolute atomic E-state index is 5.81. The molecule has 0 bridgehead atoms. The SMILES string of the molecule is C=CCOc1cc(N)ccc1N1C=CCCC(C)=N1. The van der Waals surface area contributed by atoms with Gasteiger partial charge in [-0.15, -0.1) is 0 Å². The normalized spacial score (nSPS) is 14.8. The molecule has 0 saturated heterocycles. The molecule has 0 radical (unpaired) electrons. The Labute approximate surface area is 113 Å². The van der Waals surface area contributed by atoms with E-state index in [1.807, 2.05) is 36.3 Å². The summed E-state index contributed by atoms with van der Waals surface area (Å²) >= 11 is 0. The first-order chi connectivity index (χ1) is 9.20. The number of hydrogen-bond donors (Lipinski definition) is 1. The molecule has 1 heterocycles. The molecule has 1 aromatic carbocycles. The third kappa shape index (κ3) is 3.37. The highest BCUT2D eigenvalue weighted by atomic mass is 16.5. The highest BCUT2D eigenvalue weighted by molar-refractivity contribution is 5.84. The van der Waals surface area contributed by atoms with Gasteiger partial charge < -0.3 is 10.5 Å². The number of allylic oxidation sites excluding steroid dienone is 1. The van der Waals surface area contributed by atoms with Crippen LogP contribution < -0.4 is 15.5 Å². The minimum atomic E-state index is 0.441. The van der Waals surface area contributed by atoms with Crippen molar-refractivity contribution < 1.29 is 4.74 Å². The van der Waals surface area contributed by atoms with Gasteiger partial charge in [-0.3, -0.25) is 0 Å². The number of hydrazone groups is 1. The molecule has 1 aliphatic rings. The lowest BCUT2D eigenvalue weighted by Crippen LogP contribution is -2.11. The van der Waals surface area contributed by atoms with E-state index in [-0.39, 0.29) is 0 Å². The van der Waals surface area contributed by atoms with Gasteiger partial charge in [-0.05, 0) is 31.9 Å². The van der Waals surface area contributed by atoms with Gasteiger partial charge in [0.15, 0.2) is 0 Å². The number of ether oxygens (including phenoxy) is 1. The zero-order valence-electron chi connectivity index (χ0n) is 11.2. The second kappa shape index (κ2) is 6.09. The van der Waals surface area contributed by atoms with Crippen LogP contribution in [0.15, 0.2) is 48.2 Å². The van der Waals surface area contributed by atoms with Crippen molar-refractivity contribution in [3.63, 3.8) is 0 Å². The van der Waals surface area contributed by atoms with Crippen LogP contribution >= 0.6 is 0 Å². The number of nitrogen functional groups attached to an aromatic ring is 1. The lowest BCUT2D eigenvalue weighted by Gasteiger charge is -2.18. The summed E-state index contributed by atoms with van der Waals surface area (Å²) in [5.74, 6) is 0.711. The fourth-order valence-corrected chi connectivity index (χ4v) is 1.85. The summed E-state index contributed by atoms with van der Waals surface area (Å²) in [5, 5.41) is 6.39. The first-order valence-corrected chi connectivity index (χ1v) is 6.34. The molecule has 0 aliphatic carbocycles. The average molecular weight is 257 g/mol. The van der Waals surface area contributed by atoms with Crippen LogP contribution in [0.5, 0.6) is 5.75 Å². The molecular weight excluding hydrogens is 238 g/mol. The second-order valence-electron chi connectivity index (χ2n) is 4.43. The van der Waals surface area contributed by atoms with Crippen molar-refractivity contribution in [1.82, 2.24) is 0 Å². The molecule has 0 spiro atoms. The highest BCUT2D eigenvalue weighted by Crippen LogP contribution is 2.32. The molecule has 4 heteroatoms. The summed E-state index contributed by atoms with van der Waals surface area (Å²) in [6.07, 6.45) is 7.75. The van der Waals surface area contributed by atoms with Gasteiger partial charge in [0.25, 0.3) is 0 Å². The Morgan fingerprint density at radius 1 is 1.53 bits per heavy atom. The Bertz CT molecular complexity index is 520. The van der Waals surface area contributed by atoms with Crippen molar-refractivity contribution in [3.8, 4) is 5.75 Å². The van der Waals surface area contributed by atoms with Crippen LogP contribution in [0, 0.1) is 0 Å². The van der Waals surface area contributed by atoms with Gasteiger partial charge in [-0.25, -0.2) is 5.01 Å². The lowest BCUT2D eigenvalue weighted by atomic mass is 10.2. The van der Waals surface area contributed by atoms with Gasteiger partial charge in [0.2, 0.25) is 0 Å². The maximum Gasteiger partial charge on any atom is 0.147 e. The molecule has 2 N–H and O–H groups in total. The molecule has 0 atom stereocenters. The second-order valence-corrected chi connectivity index (χ2v) is 4.43. The fraction of sp³-hybridized carbons (Fsp3) is 0.267. The first-order valence-electron chi connectivity index (χ1n) is 6.34. The lowest BCUT2D eigenvalue weighted by molar-refractivity contribution is 0.364. The summed E-state index contributed by atoms with van der Waals surface area (Å²) in [7, 11) is 0. The number of rotatable bonds is 4. The predicted octanol–water partition coefficient (Wildman–Crippen LogP) is 3.32. The number of benzene rings is 1. The minimum Gasteiger partial charge on any atom is -0.487 e. The van der Waals surface area contributed by atoms with E-state index in [4.69, 9.17) is 10.5 Å². The zero-order chi connectivity index (χ0) is 13.7. The molecule has 100 valence electrons. The summed E-state index contributed by atoms with van der Waals surface area (Å²) in [6, 6.07) is 5.57. The van der Waals surface area contributed by atoms with Crippen molar-refractivity contribution in [2.75, 3.05) is 17.3 Å². The van der Waals surface area contributed by atoms with Crippen LogP contribution in [0.4, 0.5) is 11.4 Å². The van der Waals surface area contributed by atoms with Crippen LogP contribution in [0.2, 0.25) is 0 Å². The van der Waals surface area contributed by atoms with Gasteiger partial charge >= 0.3 is 0 Å². The van der Waals surface area contributed by atoms with Gasteiger partial charge in [-0.1, -0.05) is 18.7 Å². The van der Waals surface area contributed by atoms with Gasteiger partial charge in [0.05, 0.1) is 0 Å². The Morgan fingerprint density at radius 2 is 2.37 bits per heavy atom. The molecule has 1 aliphatic heterocycles. The molecule has 0 unspecified atom stereocenters. The van der Waals surface area contributed by atoms with Crippen molar-refractivity contribution in [2.45, 2.75) is 19.8 Å². The van der Waals surface area contributed by atoms with Crippen LogP contribution in [0.25, 0.3) is 0 Å². The van der Waals surface area contributed by atoms with E-state index in [9.17, 15) is 0 Å². The van der Waals surface area contributed by atoms with Crippen molar-refractivity contribution in [1.29, 1.82) is 0 Å². The quantitative estimate of drug-likeness (QED) is 0.665. The molecule has 4 nitrogen and oxygen atoms in total. The average Bonchev–Trinajstić information content (AvgIpc) is 2.61. The van der Waals surface area contributed by atoms with E-state index in [1.165, 1.54) is 0 Å². The van der Waals surface area contributed by atoms with Gasteiger partial charge in [0.1, 0.15) is 18.0 Å². The summed E-state index contributed by atoms with van der Waals surface area (Å²) < 4.78 is 5.65. The monoisotopic (exact) mass is 257 g/mol. The van der Waals surface area contributed by atoms with Gasteiger partial charge in [0, 0.05) is 23.7 Å². The van der Waals surface area contributed by atoms with Crippen LogP contribution in [0.1, 0.15) is 19.8 Å². The first kappa shape index (κ1) is 13.2. The van der Waals surface area contributed by atoms with E-state index in [0.717, 1.165) is 24.2 Å². The van der Waals surface area contributed by atoms with E-state index in [2.05, 4.69) is 17.8 Å². The number of hydrogen-bond acceptors (Lipinski definition) is 4. The fourth-order valence-electron chi connectivity index (χ4n) is 1.85. The van der Waals surface area contributed by atoms with E-state index >= 15 is 0 Å². The number of anilines is 2. The Morgan fingerprint density at radius 3 is 3.16 bits per heavy atom. The topological polar surface area (TPSA) is 50.9 Å². The largest absolute Gasteiger partial charge is 0.487 e. The minimum absolute atomic E-state index is 0.441. The third-order valence-electron chi connectivity index (χ3n) is 2.79. The van der Waals surface area contributed by atoms with Crippen LogP contribution in [-0.2, 0) is 0 Å².